The van der Waals surface area contributed by atoms with Crippen LogP contribution in [-0.4, -0.2) is 38.2 Å². The quantitative estimate of drug-likeness (QED) is 0.321. The Kier molecular flexibility index (Phi) is 8.17. The molecule has 4 heterocycles. The van der Waals surface area contributed by atoms with E-state index in [-0.39, 0.29) is 30.4 Å². The molecule has 0 amide bonds. The van der Waals surface area contributed by atoms with E-state index in [9.17, 15) is 14.7 Å². The summed E-state index contributed by atoms with van der Waals surface area (Å²) in [6.07, 6.45) is 13.4. The molecule has 4 rings (SSSR count). The third-order valence-electron chi connectivity index (χ3n) is 3.93. The van der Waals surface area contributed by atoms with Crippen LogP contribution >= 0.6 is 0 Å². The van der Waals surface area contributed by atoms with Gasteiger partial charge in [-0.2, -0.15) is 0 Å². The van der Waals surface area contributed by atoms with Crippen molar-refractivity contribution in [1.82, 2.24) is 19.1 Å². The number of esters is 1. The van der Waals surface area contributed by atoms with Gasteiger partial charge in [-0.15, -0.1) is 0 Å². The van der Waals surface area contributed by atoms with Crippen molar-refractivity contribution >= 4 is 11.9 Å². The summed E-state index contributed by atoms with van der Waals surface area (Å²) in [5.74, 6) is -1.51. The molecule has 30 heavy (non-hydrogen) atoms. The van der Waals surface area contributed by atoms with Gasteiger partial charge in [-0.1, -0.05) is 0 Å². The molecule has 0 saturated carbocycles. The van der Waals surface area contributed by atoms with Crippen molar-refractivity contribution < 1.29 is 38.3 Å². The van der Waals surface area contributed by atoms with Crippen molar-refractivity contribution in [3.8, 4) is 11.4 Å². The van der Waals surface area contributed by atoms with E-state index in [1.807, 2.05) is 22.8 Å². The molecule has 9 heteroatoms. The van der Waals surface area contributed by atoms with Gasteiger partial charge in [0.2, 0.25) is 0 Å². The Labute approximate surface area is 185 Å². The minimum absolute atomic E-state index is 0. The number of carboxylic acid groups (broad SMARTS) is 1. The minimum atomic E-state index is -1.17. The number of hydrogen-bond acceptors (Lipinski definition) is 6. The summed E-state index contributed by atoms with van der Waals surface area (Å²) in [5.41, 5.74) is 2.42. The molecule has 0 radical (unpaired) electrons. The van der Waals surface area contributed by atoms with Gasteiger partial charge in [0, 0.05) is 42.7 Å². The zero-order valence-corrected chi connectivity index (χ0v) is 16.5. The van der Waals surface area contributed by atoms with Crippen molar-refractivity contribution in [2.45, 2.75) is 0 Å². The third kappa shape index (κ3) is 5.70. The molecule has 0 atom stereocenters. The molecule has 0 aliphatic rings. The number of aromatic carboxylic acids is 1. The second kappa shape index (κ2) is 10.8. The van der Waals surface area contributed by atoms with Gasteiger partial charge in [-0.25, -0.2) is 4.79 Å². The Morgan fingerprint density at radius 3 is 1.77 bits per heavy atom. The van der Waals surface area contributed by atoms with E-state index in [1.54, 1.807) is 60.1 Å². The maximum absolute atomic E-state index is 11.2. The van der Waals surface area contributed by atoms with E-state index < -0.39 is 5.97 Å². The van der Waals surface area contributed by atoms with Crippen molar-refractivity contribution in [1.29, 1.82) is 0 Å². The van der Waals surface area contributed by atoms with E-state index in [0.29, 0.717) is 5.56 Å². The smallest absolute Gasteiger partial charge is 0.545 e. The second-order valence-electron chi connectivity index (χ2n) is 5.82. The number of carbonyl (C=O) groups excluding carboxylic acids is 2. The van der Waals surface area contributed by atoms with Crippen molar-refractivity contribution in [2.24, 2.45) is 0 Å². The fourth-order valence-electron chi connectivity index (χ4n) is 2.49. The maximum Gasteiger partial charge on any atom is 1.00 e. The van der Waals surface area contributed by atoms with Gasteiger partial charge in [0.15, 0.2) is 0 Å². The minimum Gasteiger partial charge on any atom is -0.545 e. The number of carbonyl (C=O) groups is 2. The number of ether oxygens (including phenoxy) is 1. The largest absolute Gasteiger partial charge is 1.00 e. The normalized spacial score (nSPS) is 9.63. The monoisotopic (exact) mass is 396 g/mol. The van der Waals surface area contributed by atoms with Gasteiger partial charge in [-0.3, -0.25) is 9.97 Å². The topological polar surface area (TPSA) is 102 Å². The standard InChI is InChI=1S/C11H10N2O2.C10H8N2O2.Li/c1-15-11(14)9-4-6-13(8-9)10-3-2-5-12-7-10;13-10(14)8-3-5-12(7-8)9-2-1-4-11-6-9;/h2-8H,1H3;1-7H,(H,13,14);/q;;+1/p-1. The average Bonchev–Trinajstić information content (AvgIpc) is 3.45. The van der Waals surface area contributed by atoms with E-state index >= 15 is 0 Å². The van der Waals surface area contributed by atoms with E-state index in [2.05, 4.69) is 14.7 Å². The first-order valence-electron chi connectivity index (χ1n) is 8.55. The molecular formula is C21H17LiN4O4. The number of methoxy groups -OCH3 is 1. The summed E-state index contributed by atoms with van der Waals surface area (Å²) in [6.45, 7) is 0. The summed E-state index contributed by atoms with van der Waals surface area (Å²) in [6, 6.07) is 10.6. The number of carboxylic acids is 1. The Balaban J connectivity index is 0.000000207. The number of aromatic nitrogens is 4. The Morgan fingerprint density at radius 1 is 0.867 bits per heavy atom. The molecule has 0 aliphatic heterocycles. The molecule has 146 valence electrons. The van der Waals surface area contributed by atoms with Crippen LogP contribution in [-0.2, 0) is 4.74 Å². The van der Waals surface area contributed by atoms with Crippen LogP contribution in [0.15, 0.2) is 86.0 Å². The number of hydrogen-bond donors (Lipinski definition) is 0. The summed E-state index contributed by atoms with van der Waals surface area (Å²) in [7, 11) is 1.36. The van der Waals surface area contributed by atoms with Crippen LogP contribution in [0.4, 0.5) is 0 Å². The maximum atomic E-state index is 11.2. The van der Waals surface area contributed by atoms with Crippen LogP contribution in [0.1, 0.15) is 20.7 Å². The first-order valence-corrected chi connectivity index (χ1v) is 8.55. The Morgan fingerprint density at radius 2 is 1.37 bits per heavy atom. The van der Waals surface area contributed by atoms with Crippen molar-refractivity contribution in [2.75, 3.05) is 7.11 Å². The molecule has 8 nitrogen and oxygen atoms in total. The van der Waals surface area contributed by atoms with Crippen molar-refractivity contribution in [3.05, 3.63) is 97.1 Å². The Hall–Kier alpha value is -3.60. The summed E-state index contributed by atoms with van der Waals surface area (Å²) >= 11 is 0. The molecule has 0 aliphatic carbocycles. The molecule has 0 saturated heterocycles. The molecule has 0 bridgehead atoms. The van der Waals surface area contributed by atoms with Crippen LogP contribution < -0.4 is 24.0 Å². The van der Waals surface area contributed by atoms with Gasteiger partial charge in [0.1, 0.15) is 0 Å². The van der Waals surface area contributed by atoms with Crippen LogP contribution in [0.2, 0.25) is 0 Å². The number of nitrogens with zero attached hydrogens (tertiary/aromatic N) is 4. The fraction of sp³-hybridized carbons (Fsp3) is 0.0476. The van der Waals surface area contributed by atoms with Crippen molar-refractivity contribution in [3.63, 3.8) is 0 Å². The summed E-state index contributed by atoms with van der Waals surface area (Å²) < 4.78 is 8.11. The van der Waals surface area contributed by atoms with E-state index in [1.165, 1.54) is 19.4 Å². The first-order chi connectivity index (χ1) is 14.1. The third-order valence-corrected chi connectivity index (χ3v) is 3.93. The van der Waals surface area contributed by atoms with Gasteiger partial charge in [-0.05, 0) is 36.4 Å². The van der Waals surface area contributed by atoms with E-state index in [0.717, 1.165) is 11.4 Å². The molecule has 0 unspecified atom stereocenters. The van der Waals surface area contributed by atoms with Gasteiger partial charge >= 0.3 is 24.8 Å². The SMILES string of the molecule is COC(=O)c1ccn(-c2cccnc2)c1.O=C([O-])c1ccn(-c2cccnc2)c1.[Li+]. The number of rotatable bonds is 4. The van der Waals surface area contributed by atoms with Crippen LogP contribution in [0.25, 0.3) is 11.4 Å². The first kappa shape index (κ1) is 22.7. The fourth-order valence-corrected chi connectivity index (χ4v) is 2.49. The molecule has 4 aromatic rings. The zero-order chi connectivity index (χ0) is 20.6. The van der Waals surface area contributed by atoms with Crippen LogP contribution in [0, 0.1) is 0 Å². The van der Waals surface area contributed by atoms with Gasteiger partial charge in [0.05, 0.1) is 42.4 Å². The molecule has 4 aromatic heterocycles. The summed E-state index contributed by atoms with van der Waals surface area (Å²) in [5, 5.41) is 10.5. The zero-order valence-electron chi connectivity index (χ0n) is 16.5. The van der Waals surface area contributed by atoms with Crippen LogP contribution in [0.3, 0.4) is 0 Å². The molecule has 0 fully saturated rings. The van der Waals surface area contributed by atoms with Crippen LogP contribution in [0.5, 0.6) is 0 Å². The van der Waals surface area contributed by atoms with Gasteiger partial charge in [0.25, 0.3) is 0 Å². The molecular weight excluding hydrogens is 379 g/mol. The predicted molar refractivity (Wildman–Crippen MR) is 103 cm³/mol. The number of pyridine rings is 2. The second-order valence-corrected chi connectivity index (χ2v) is 5.82. The summed E-state index contributed by atoms with van der Waals surface area (Å²) in [4.78, 5) is 29.6. The average molecular weight is 396 g/mol. The molecule has 0 spiro atoms. The molecule has 0 N–H and O–H groups in total. The molecule has 0 aromatic carbocycles. The predicted octanol–water partition coefficient (Wildman–Crippen LogP) is -1.10. The van der Waals surface area contributed by atoms with Gasteiger partial charge < -0.3 is 23.8 Å². The Bertz CT molecular complexity index is 1090. The van der Waals surface area contributed by atoms with E-state index in [4.69, 9.17) is 0 Å².